The van der Waals surface area contributed by atoms with E-state index in [0.717, 1.165) is 24.4 Å². The van der Waals surface area contributed by atoms with E-state index in [9.17, 15) is 9.59 Å². The molecule has 1 aromatic carbocycles. The van der Waals surface area contributed by atoms with Crippen molar-refractivity contribution < 1.29 is 14.3 Å². The molecule has 3 heterocycles. The Bertz CT molecular complexity index is 845. The zero-order chi connectivity index (χ0) is 19.0. The third-order valence-corrected chi connectivity index (χ3v) is 6.49. The number of hydrogen-bond acceptors (Lipinski definition) is 4. The van der Waals surface area contributed by atoms with E-state index in [1.54, 1.807) is 16.2 Å². The molecule has 142 valence electrons. The molecule has 2 atom stereocenters. The van der Waals surface area contributed by atoms with Gasteiger partial charge in [0.2, 0.25) is 11.8 Å². The van der Waals surface area contributed by atoms with E-state index >= 15 is 0 Å². The fraction of sp³-hybridized carbons (Fsp3) is 0.429. The van der Waals surface area contributed by atoms with Crippen molar-refractivity contribution in [1.82, 2.24) is 4.90 Å². The van der Waals surface area contributed by atoms with E-state index in [-0.39, 0.29) is 30.2 Å². The number of rotatable bonds is 4. The van der Waals surface area contributed by atoms with E-state index in [0.29, 0.717) is 13.2 Å². The topological polar surface area (TPSA) is 49.9 Å². The maximum Gasteiger partial charge on any atom is 0.228 e. The molecule has 0 aliphatic carbocycles. The summed E-state index contributed by atoms with van der Waals surface area (Å²) in [5.41, 5.74) is 2.08. The lowest BCUT2D eigenvalue weighted by molar-refractivity contribution is -0.138. The highest BCUT2D eigenvalue weighted by atomic mass is 32.1. The molecular formula is C21H24N2O3S. The van der Waals surface area contributed by atoms with Crippen LogP contribution < -0.4 is 9.64 Å². The molecule has 0 bridgehead atoms. The standard InChI is InChI=1S/C21H24N2O3S/c1-3-26-17-6-4-16(5-7-17)23-13-15(12-20(23)24)21(25)22-10-8-19-18(14(22)2)9-11-27-19/h4-7,9,11,14-15H,3,8,10,12-13H2,1-2H3/t14-,15+/m0/s1. The molecule has 0 unspecified atom stereocenters. The predicted octanol–water partition coefficient (Wildman–Crippen LogP) is 3.65. The Morgan fingerprint density at radius 3 is 2.78 bits per heavy atom. The fourth-order valence-electron chi connectivity index (χ4n) is 4.06. The van der Waals surface area contributed by atoms with Gasteiger partial charge in [0.25, 0.3) is 0 Å². The summed E-state index contributed by atoms with van der Waals surface area (Å²) in [5.74, 6) is 0.625. The largest absolute Gasteiger partial charge is 0.494 e. The van der Waals surface area contributed by atoms with Crippen molar-refractivity contribution in [1.29, 1.82) is 0 Å². The number of benzene rings is 1. The maximum absolute atomic E-state index is 13.1. The number of amides is 2. The lowest BCUT2D eigenvalue weighted by atomic mass is 9.98. The van der Waals surface area contributed by atoms with Gasteiger partial charge in [0, 0.05) is 30.1 Å². The van der Waals surface area contributed by atoms with Crippen LogP contribution in [0.5, 0.6) is 5.75 Å². The molecule has 0 saturated carbocycles. The molecule has 4 rings (SSSR count). The predicted molar refractivity (Wildman–Crippen MR) is 106 cm³/mol. The Hall–Kier alpha value is -2.34. The number of carbonyl (C=O) groups excluding carboxylic acids is 2. The number of nitrogens with zero attached hydrogens (tertiary/aromatic N) is 2. The summed E-state index contributed by atoms with van der Waals surface area (Å²) in [5, 5.41) is 2.10. The number of hydrogen-bond donors (Lipinski definition) is 0. The number of anilines is 1. The van der Waals surface area contributed by atoms with Crippen molar-refractivity contribution in [3.05, 3.63) is 46.2 Å². The second-order valence-electron chi connectivity index (χ2n) is 7.09. The van der Waals surface area contributed by atoms with E-state index < -0.39 is 0 Å². The maximum atomic E-state index is 13.1. The van der Waals surface area contributed by atoms with Gasteiger partial charge in [0.15, 0.2) is 0 Å². The van der Waals surface area contributed by atoms with E-state index in [1.807, 2.05) is 36.1 Å². The van der Waals surface area contributed by atoms with Crippen LogP contribution in [0.1, 0.15) is 36.8 Å². The second-order valence-corrected chi connectivity index (χ2v) is 8.09. The molecule has 1 aromatic heterocycles. The minimum absolute atomic E-state index is 0.0124. The second kappa shape index (κ2) is 7.35. The van der Waals surface area contributed by atoms with Crippen molar-refractivity contribution in [2.75, 3.05) is 24.6 Å². The molecule has 2 aliphatic rings. The van der Waals surface area contributed by atoms with Gasteiger partial charge in [-0.25, -0.2) is 0 Å². The molecule has 0 N–H and O–H groups in total. The highest BCUT2D eigenvalue weighted by Crippen LogP contribution is 2.35. The first-order valence-electron chi connectivity index (χ1n) is 9.48. The molecule has 2 aromatic rings. The summed E-state index contributed by atoms with van der Waals surface area (Å²) in [7, 11) is 0. The third-order valence-electron chi connectivity index (χ3n) is 5.49. The average Bonchev–Trinajstić information content (AvgIpc) is 3.30. The van der Waals surface area contributed by atoms with E-state index in [2.05, 4.69) is 18.4 Å². The summed E-state index contributed by atoms with van der Waals surface area (Å²) in [6.45, 7) is 5.82. The molecule has 1 saturated heterocycles. The molecule has 2 aliphatic heterocycles. The Morgan fingerprint density at radius 2 is 2.04 bits per heavy atom. The molecule has 5 nitrogen and oxygen atoms in total. The van der Waals surface area contributed by atoms with Crippen LogP contribution >= 0.6 is 11.3 Å². The van der Waals surface area contributed by atoms with Gasteiger partial charge in [-0.3, -0.25) is 9.59 Å². The van der Waals surface area contributed by atoms with Crippen molar-refractivity contribution in [2.24, 2.45) is 5.92 Å². The first-order chi connectivity index (χ1) is 13.1. The minimum atomic E-state index is -0.272. The van der Waals surface area contributed by atoms with Gasteiger partial charge in [0.1, 0.15) is 5.75 Å². The van der Waals surface area contributed by atoms with Crippen molar-refractivity contribution in [3.63, 3.8) is 0 Å². The van der Waals surface area contributed by atoms with Gasteiger partial charge in [-0.05, 0) is 61.5 Å². The molecule has 1 fully saturated rings. The monoisotopic (exact) mass is 384 g/mol. The van der Waals surface area contributed by atoms with Crippen molar-refractivity contribution >= 4 is 28.8 Å². The van der Waals surface area contributed by atoms with Crippen LogP contribution in [-0.4, -0.2) is 36.4 Å². The quantitative estimate of drug-likeness (QED) is 0.809. The number of ether oxygens (including phenoxy) is 1. The van der Waals surface area contributed by atoms with Crippen LogP contribution in [0.3, 0.4) is 0 Å². The van der Waals surface area contributed by atoms with Gasteiger partial charge < -0.3 is 14.5 Å². The summed E-state index contributed by atoms with van der Waals surface area (Å²) in [6, 6.07) is 9.71. The van der Waals surface area contributed by atoms with Crippen LogP contribution in [0, 0.1) is 5.92 Å². The number of thiophene rings is 1. The Balaban J connectivity index is 1.46. The lowest BCUT2D eigenvalue weighted by Crippen LogP contribution is -2.42. The zero-order valence-electron chi connectivity index (χ0n) is 15.7. The molecular weight excluding hydrogens is 360 g/mol. The molecule has 0 radical (unpaired) electrons. The van der Waals surface area contributed by atoms with Gasteiger partial charge in [0.05, 0.1) is 18.6 Å². The summed E-state index contributed by atoms with van der Waals surface area (Å²) in [4.78, 5) is 30.7. The molecule has 27 heavy (non-hydrogen) atoms. The number of carbonyl (C=O) groups is 2. The SMILES string of the molecule is CCOc1ccc(N2C[C@H](C(=O)N3CCc4sccc4[C@@H]3C)CC2=O)cc1. The van der Waals surface area contributed by atoms with Gasteiger partial charge >= 0.3 is 0 Å². The molecule has 6 heteroatoms. The van der Waals surface area contributed by atoms with Crippen LogP contribution in [0.2, 0.25) is 0 Å². The lowest BCUT2D eigenvalue weighted by Gasteiger charge is -2.35. The van der Waals surface area contributed by atoms with E-state index in [4.69, 9.17) is 4.74 Å². The Morgan fingerprint density at radius 1 is 1.26 bits per heavy atom. The smallest absolute Gasteiger partial charge is 0.228 e. The van der Waals surface area contributed by atoms with Crippen LogP contribution in [0.15, 0.2) is 35.7 Å². The molecule has 0 spiro atoms. The van der Waals surface area contributed by atoms with Crippen molar-refractivity contribution in [2.45, 2.75) is 32.7 Å². The third kappa shape index (κ3) is 3.34. The summed E-state index contributed by atoms with van der Waals surface area (Å²) < 4.78 is 5.46. The highest BCUT2D eigenvalue weighted by Gasteiger charge is 2.39. The van der Waals surface area contributed by atoms with Crippen LogP contribution in [0.4, 0.5) is 5.69 Å². The Labute approximate surface area is 163 Å². The minimum Gasteiger partial charge on any atom is -0.494 e. The van der Waals surface area contributed by atoms with Gasteiger partial charge in [-0.2, -0.15) is 0 Å². The molecule has 2 amide bonds. The highest BCUT2D eigenvalue weighted by molar-refractivity contribution is 7.10. The summed E-state index contributed by atoms with van der Waals surface area (Å²) in [6.07, 6.45) is 1.19. The van der Waals surface area contributed by atoms with Gasteiger partial charge in [-0.1, -0.05) is 0 Å². The Kier molecular flexibility index (Phi) is 4.91. The van der Waals surface area contributed by atoms with Crippen LogP contribution in [-0.2, 0) is 16.0 Å². The van der Waals surface area contributed by atoms with Crippen LogP contribution in [0.25, 0.3) is 0 Å². The van der Waals surface area contributed by atoms with Crippen molar-refractivity contribution in [3.8, 4) is 5.75 Å². The van der Waals surface area contributed by atoms with Gasteiger partial charge in [-0.15, -0.1) is 11.3 Å². The first-order valence-corrected chi connectivity index (χ1v) is 10.4. The van der Waals surface area contributed by atoms with E-state index in [1.165, 1.54) is 10.4 Å². The normalized spacial score (nSPS) is 22.1. The zero-order valence-corrected chi connectivity index (χ0v) is 16.5. The average molecular weight is 385 g/mol. The first kappa shape index (κ1) is 18.0. The summed E-state index contributed by atoms with van der Waals surface area (Å²) >= 11 is 1.77. The number of fused-ring (bicyclic) bond motifs is 1. The fourth-order valence-corrected chi connectivity index (χ4v) is 5.02.